The van der Waals surface area contributed by atoms with Crippen LogP contribution in [0.2, 0.25) is 5.02 Å². The van der Waals surface area contributed by atoms with Crippen LogP contribution in [0, 0.1) is 5.92 Å². The topological polar surface area (TPSA) is 50.3 Å². The Bertz CT molecular complexity index is 1080. The van der Waals surface area contributed by atoms with Gasteiger partial charge in [-0.15, -0.1) is 11.3 Å². The molecule has 2 aliphatic rings. The Morgan fingerprint density at radius 1 is 1.04 bits per heavy atom. The maximum atomic E-state index is 13.0. The van der Waals surface area contributed by atoms with Crippen molar-refractivity contribution in [1.82, 2.24) is 9.88 Å². The first kappa shape index (κ1) is 17.6. The number of carbonyl (C=O) groups excluding carboxylic acids is 2. The van der Waals surface area contributed by atoms with Gasteiger partial charge >= 0.3 is 0 Å². The summed E-state index contributed by atoms with van der Waals surface area (Å²) in [5.41, 5.74) is 2.99. The minimum atomic E-state index is -0.447. The van der Waals surface area contributed by atoms with E-state index in [2.05, 4.69) is 0 Å². The summed E-state index contributed by atoms with van der Waals surface area (Å²) in [4.78, 5) is 33.0. The number of hydrogen-bond donors (Lipinski definition) is 0. The van der Waals surface area contributed by atoms with E-state index in [9.17, 15) is 9.59 Å². The second-order valence-electron chi connectivity index (χ2n) is 7.30. The van der Waals surface area contributed by atoms with Crippen LogP contribution >= 0.6 is 22.9 Å². The normalized spacial score (nSPS) is 23.6. The van der Waals surface area contributed by atoms with Crippen molar-refractivity contribution in [3.63, 3.8) is 0 Å². The predicted octanol–water partition coefficient (Wildman–Crippen LogP) is 4.50. The average molecular weight is 409 g/mol. The molecule has 2 amide bonds. The highest BCUT2D eigenvalue weighted by atomic mass is 35.5. The zero-order chi connectivity index (χ0) is 19.4. The van der Waals surface area contributed by atoms with Crippen molar-refractivity contribution >= 4 is 34.8 Å². The molecular formula is C22H17ClN2O2S. The number of rotatable bonds is 2. The second kappa shape index (κ2) is 6.54. The fourth-order valence-corrected chi connectivity index (χ4v) is 5.71. The summed E-state index contributed by atoms with van der Waals surface area (Å²) in [6, 6.07) is 17.5. The second-order valence-corrected chi connectivity index (χ2v) is 8.76. The van der Waals surface area contributed by atoms with E-state index in [1.165, 1.54) is 4.90 Å². The molecule has 0 N–H and O–H groups in total. The molecule has 6 heteroatoms. The van der Waals surface area contributed by atoms with Crippen molar-refractivity contribution in [3.05, 3.63) is 75.8 Å². The molecule has 1 aliphatic heterocycles. The summed E-state index contributed by atoms with van der Waals surface area (Å²) in [7, 11) is 1.58. The summed E-state index contributed by atoms with van der Waals surface area (Å²) in [6.07, 6.45) is 0.647. The summed E-state index contributed by atoms with van der Waals surface area (Å²) in [6.45, 7) is 0. The highest BCUT2D eigenvalue weighted by Crippen LogP contribution is 2.52. The molecule has 0 spiro atoms. The molecular weight excluding hydrogens is 392 g/mol. The van der Waals surface area contributed by atoms with Crippen LogP contribution < -0.4 is 0 Å². The fraction of sp³-hybridized carbons (Fsp3) is 0.227. The molecule has 0 unspecified atom stereocenters. The first-order chi connectivity index (χ1) is 13.5. The van der Waals surface area contributed by atoms with Crippen LogP contribution in [0.5, 0.6) is 0 Å². The van der Waals surface area contributed by atoms with Crippen molar-refractivity contribution in [2.45, 2.75) is 18.3 Å². The number of aromatic nitrogens is 1. The average Bonchev–Trinajstić information content (AvgIpc) is 3.24. The van der Waals surface area contributed by atoms with Crippen LogP contribution in [0.1, 0.15) is 28.0 Å². The molecule has 2 heterocycles. The van der Waals surface area contributed by atoms with Gasteiger partial charge in [-0.05, 0) is 24.1 Å². The van der Waals surface area contributed by atoms with Crippen molar-refractivity contribution in [2.75, 3.05) is 7.05 Å². The third-order valence-corrected chi connectivity index (χ3v) is 7.23. The third kappa shape index (κ3) is 2.61. The highest BCUT2D eigenvalue weighted by molar-refractivity contribution is 7.15. The van der Waals surface area contributed by atoms with E-state index in [1.54, 1.807) is 18.4 Å². The number of benzene rings is 2. The molecule has 3 atom stereocenters. The Balaban J connectivity index is 1.64. The van der Waals surface area contributed by atoms with Gasteiger partial charge in [0.2, 0.25) is 11.8 Å². The zero-order valence-electron chi connectivity index (χ0n) is 15.1. The number of amides is 2. The molecule has 3 aromatic rings. The van der Waals surface area contributed by atoms with Gasteiger partial charge < -0.3 is 0 Å². The Morgan fingerprint density at radius 2 is 1.75 bits per heavy atom. The van der Waals surface area contributed by atoms with Crippen molar-refractivity contribution in [3.8, 4) is 10.6 Å². The van der Waals surface area contributed by atoms with Gasteiger partial charge in [0, 0.05) is 28.4 Å². The zero-order valence-corrected chi connectivity index (χ0v) is 16.7. The number of likely N-dealkylation sites (tertiary alicyclic amines) is 1. The van der Waals surface area contributed by atoms with Gasteiger partial charge in [0.15, 0.2) is 0 Å². The number of hydrogen-bond acceptors (Lipinski definition) is 4. The number of fused-ring (bicyclic) bond motifs is 3. The van der Waals surface area contributed by atoms with Crippen molar-refractivity contribution < 1.29 is 9.59 Å². The molecule has 5 rings (SSSR count). The van der Waals surface area contributed by atoms with Crippen LogP contribution in [0.4, 0.5) is 0 Å². The number of imide groups is 1. The van der Waals surface area contributed by atoms with Gasteiger partial charge in [0.1, 0.15) is 5.01 Å². The van der Waals surface area contributed by atoms with Crippen molar-refractivity contribution in [1.29, 1.82) is 0 Å². The SMILES string of the molecule is CN1C(=O)[C@@H]2[C@H](c3ccc(Cl)cc3)Cc3nc(-c4ccccc4)sc3[C@@H]2C1=O. The largest absolute Gasteiger partial charge is 0.285 e. The molecule has 0 saturated carbocycles. The lowest BCUT2D eigenvalue weighted by atomic mass is 9.72. The van der Waals surface area contributed by atoms with E-state index < -0.39 is 5.92 Å². The molecule has 28 heavy (non-hydrogen) atoms. The molecule has 2 aromatic carbocycles. The predicted molar refractivity (Wildman–Crippen MR) is 109 cm³/mol. The first-order valence-electron chi connectivity index (χ1n) is 9.16. The molecule has 0 bridgehead atoms. The summed E-state index contributed by atoms with van der Waals surface area (Å²) in [5.74, 6) is -1.14. The lowest BCUT2D eigenvalue weighted by molar-refractivity contribution is -0.137. The number of halogens is 1. The monoisotopic (exact) mass is 408 g/mol. The quantitative estimate of drug-likeness (QED) is 0.586. The lowest BCUT2D eigenvalue weighted by Crippen LogP contribution is -2.30. The molecule has 4 nitrogen and oxygen atoms in total. The van der Waals surface area contributed by atoms with Gasteiger partial charge in [0.25, 0.3) is 0 Å². The standard InChI is InChI=1S/C22H17ClN2O2S/c1-25-21(26)17-15(12-7-9-14(23)10-8-12)11-16-19(18(17)22(25)27)28-20(24-16)13-5-3-2-4-6-13/h2-10,15,17-18H,11H2,1H3/t15-,17+,18+/m0/s1. The molecule has 1 saturated heterocycles. The summed E-state index contributed by atoms with van der Waals surface area (Å²) >= 11 is 7.59. The molecule has 140 valence electrons. The number of carbonyl (C=O) groups is 2. The molecule has 1 aromatic heterocycles. The molecule has 1 fully saturated rings. The summed E-state index contributed by atoms with van der Waals surface area (Å²) in [5, 5.41) is 1.55. The van der Waals surface area contributed by atoms with E-state index >= 15 is 0 Å². The van der Waals surface area contributed by atoms with Gasteiger partial charge in [0.05, 0.1) is 17.5 Å². The van der Waals surface area contributed by atoms with E-state index in [-0.39, 0.29) is 23.7 Å². The maximum absolute atomic E-state index is 13.0. The Hall–Kier alpha value is -2.50. The number of thiazole rings is 1. The smallest absolute Gasteiger partial charge is 0.238 e. The third-order valence-electron chi connectivity index (χ3n) is 5.75. The van der Waals surface area contributed by atoms with Gasteiger partial charge in [-0.25, -0.2) is 4.98 Å². The first-order valence-corrected chi connectivity index (χ1v) is 10.4. The molecule has 1 aliphatic carbocycles. The minimum absolute atomic E-state index is 0.0816. The molecule has 0 radical (unpaired) electrons. The Kier molecular flexibility index (Phi) is 4.11. The van der Waals surface area contributed by atoms with Crippen LogP contribution in [-0.4, -0.2) is 28.7 Å². The van der Waals surface area contributed by atoms with Crippen LogP contribution in [0.3, 0.4) is 0 Å². The fourth-order valence-electron chi connectivity index (χ4n) is 4.34. The van der Waals surface area contributed by atoms with Gasteiger partial charge in [-0.1, -0.05) is 54.1 Å². The lowest BCUT2D eigenvalue weighted by Gasteiger charge is -2.30. The van der Waals surface area contributed by atoms with Gasteiger partial charge in [-0.3, -0.25) is 14.5 Å². The minimum Gasteiger partial charge on any atom is -0.285 e. The Morgan fingerprint density at radius 3 is 2.46 bits per heavy atom. The highest BCUT2D eigenvalue weighted by Gasteiger charge is 2.54. The van der Waals surface area contributed by atoms with Crippen molar-refractivity contribution in [2.24, 2.45) is 5.92 Å². The number of likely N-dealkylation sites (N-methyl/N-ethyl adjacent to an activating group) is 1. The van der Waals surface area contributed by atoms with E-state index in [0.717, 1.165) is 26.7 Å². The van der Waals surface area contributed by atoms with E-state index in [1.807, 2.05) is 54.6 Å². The van der Waals surface area contributed by atoms with Gasteiger partial charge in [-0.2, -0.15) is 0 Å². The Labute approximate surface area is 171 Å². The maximum Gasteiger partial charge on any atom is 0.238 e. The number of nitrogens with zero attached hydrogens (tertiary/aromatic N) is 2. The van der Waals surface area contributed by atoms with Crippen LogP contribution in [-0.2, 0) is 16.0 Å². The van der Waals surface area contributed by atoms with Crippen LogP contribution in [0.15, 0.2) is 54.6 Å². The van der Waals surface area contributed by atoms with Crippen LogP contribution in [0.25, 0.3) is 10.6 Å². The van der Waals surface area contributed by atoms with E-state index in [4.69, 9.17) is 16.6 Å². The summed E-state index contributed by atoms with van der Waals surface area (Å²) < 4.78 is 0. The van der Waals surface area contributed by atoms with E-state index in [0.29, 0.717) is 11.4 Å².